The Bertz CT molecular complexity index is 534. The van der Waals surface area contributed by atoms with Crippen LogP contribution in [0.15, 0.2) is 51.7 Å². The minimum Gasteiger partial charge on any atom is -0.394 e. The third-order valence-electron chi connectivity index (χ3n) is 2.51. The highest BCUT2D eigenvalue weighted by Gasteiger charge is 2.12. The van der Waals surface area contributed by atoms with Gasteiger partial charge in [-0.05, 0) is 55.6 Å². The predicted octanol–water partition coefficient (Wildman–Crippen LogP) is 3.75. The highest BCUT2D eigenvalue weighted by molar-refractivity contribution is 9.10. The summed E-state index contributed by atoms with van der Waals surface area (Å²) in [4.78, 5) is 4.11. The molecule has 5 heteroatoms. The van der Waals surface area contributed by atoms with Crippen LogP contribution >= 0.6 is 31.9 Å². The van der Waals surface area contributed by atoms with Crippen molar-refractivity contribution in [3.63, 3.8) is 0 Å². The van der Waals surface area contributed by atoms with Crippen LogP contribution in [-0.4, -0.2) is 16.7 Å². The van der Waals surface area contributed by atoms with Gasteiger partial charge in [0.25, 0.3) is 0 Å². The molecule has 1 aromatic carbocycles. The van der Waals surface area contributed by atoms with Crippen LogP contribution < -0.4 is 5.32 Å². The van der Waals surface area contributed by atoms with Crippen LogP contribution in [0.5, 0.6) is 0 Å². The van der Waals surface area contributed by atoms with E-state index in [4.69, 9.17) is 0 Å². The lowest BCUT2D eigenvalue weighted by atomic mass is 10.1. The zero-order valence-electron chi connectivity index (χ0n) is 9.48. The van der Waals surface area contributed by atoms with Gasteiger partial charge < -0.3 is 10.4 Å². The molecule has 0 aliphatic heterocycles. The lowest BCUT2D eigenvalue weighted by molar-refractivity contribution is 0.276. The van der Waals surface area contributed by atoms with E-state index in [1.807, 2.05) is 30.3 Å². The average Bonchev–Trinajstić information content (AvgIpc) is 2.38. The van der Waals surface area contributed by atoms with Gasteiger partial charge in [0.15, 0.2) is 0 Å². The summed E-state index contributed by atoms with van der Waals surface area (Å²) in [5, 5.41) is 12.8. The van der Waals surface area contributed by atoms with E-state index in [9.17, 15) is 5.11 Å². The fraction of sp³-hybridized carbons (Fsp3) is 0.154. The zero-order chi connectivity index (χ0) is 13.0. The normalized spacial score (nSPS) is 12.2. The summed E-state index contributed by atoms with van der Waals surface area (Å²) in [7, 11) is 0. The molecule has 0 amide bonds. The predicted molar refractivity (Wildman–Crippen MR) is 79.5 cm³/mol. The summed E-state index contributed by atoms with van der Waals surface area (Å²) < 4.78 is 1.86. The van der Waals surface area contributed by atoms with Crippen LogP contribution in [0.1, 0.15) is 11.6 Å². The number of pyridine rings is 1. The van der Waals surface area contributed by atoms with Crippen molar-refractivity contribution in [1.29, 1.82) is 0 Å². The second-order valence-corrected chi connectivity index (χ2v) is 5.57. The molecule has 1 aromatic heterocycles. The first-order chi connectivity index (χ1) is 8.70. The molecule has 0 fully saturated rings. The highest BCUT2D eigenvalue weighted by atomic mass is 79.9. The monoisotopic (exact) mass is 370 g/mol. The van der Waals surface area contributed by atoms with E-state index >= 15 is 0 Å². The third kappa shape index (κ3) is 3.31. The molecule has 1 atom stereocenters. The molecular weight excluding hydrogens is 360 g/mol. The molecule has 18 heavy (non-hydrogen) atoms. The van der Waals surface area contributed by atoms with Gasteiger partial charge in [-0.3, -0.25) is 4.98 Å². The number of nitrogens with one attached hydrogen (secondary N) is 1. The first-order valence-corrected chi connectivity index (χ1v) is 7.01. The van der Waals surface area contributed by atoms with Gasteiger partial charge in [0.1, 0.15) is 0 Å². The van der Waals surface area contributed by atoms with Gasteiger partial charge in [0, 0.05) is 27.0 Å². The van der Waals surface area contributed by atoms with Gasteiger partial charge in [-0.15, -0.1) is 0 Å². The molecule has 1 unspecified atom stereocenters. The number of hydrogen-bond donors (Lipinski definition) is 2. The Labute approximate surface area is 123 Å². The van der Waals surface area contributed by atoms with Crippen LogP contribution in [0.4, 0.5) is 5.69 Å². The van der Waals surface area contributed by atoms with Crippen LogP contribution in [-0.2, 0) is 0 Å². The number of para-hydroxylation sites is 1. The Morgan fingerprint density at radius 1 is 1.22 bits per heavy atom. The molecular formula is C13H12Br2N2O. The SMILES string of the molecule is OCC(Nc1ccccc1Br)c1cncc(Br)c1. The number of aliphatic hydroxyl groups excluding tert-OH is 1. The molecule has 1 heterocycles. The lowest BCUT2D eigenvalue weighted by Crippen LogP contribution is -2.15. The number of benzene rings is 1. The Morgan fingerprint density at radius 2 is 2.00 bits per heavy atom. The van der Waals surface area contributed by atoms with E-state index in [2.05, 4.69) is 42.2 Å². The van der Waals surface area contributed by atoms with Crippen LogP contribution in [0.2, 0.25) is 0 Å². The summed E-state index contributed by atoms with van der Waals surface area (Å²) in [5.74, 6) is 0. The molecule has 94 valence electrons. The number of rotatable bonds is 4. The van der Waals surface area contributed by atoms with Crippen LogP contribution in [0.3, 0.4) is 0 Å². The van der Waals surface area contributed by atoms with Crippen molar-refractivity contribution < 1.29 is 5.11 Å². The molecule has 0 aliphatic carbocycles. The first kappa shape index (κ1) is 13.5. The first-order valence-electron chi connectivity index (χ1n) is 5.43. The van der Waals surface area contributed by atoms with Crippen LogP contribution in [0, 0.1) is 0 Å². The second-order valence-electron chi connectivity index (χ2n) is 3.80. The molecule has 0 aliphatic rings. The van der Waals surface area contributed by atoms with Gasteiger partial charge in [-0.1, -0.05) is 12.1 Å². The summed E-state index contributed by atoms with van der Waals surface area (Å²) in [6, 6.07) is 9.56. The number of halogens is 2. The number of nitrogens with zero attached hydrogens (tertiary/aromatic N) is 1. The van der Waals surface area contributed by atoms with Crippen molar-refractivity contribution >= 4 is 37.5 Å². The van der Waals surface area contributed by atoms with Crippen LogP contribution in [0.25, 0.3) is 0 Å². The van der Waals surface area contributed by atoms with Crippen molar-refractivity contribution in [3.8, 4) is 0 Å². The number of anilines is 1. The quantitative estimate of drug-likeness (QED) is 0.860. The van der Waals surface area contributed by atoms with Crippen molar-refractivity contribution in [3.05, 3.63) is 57.2 Å². The Morgan fingerprint density at radius 3 is 2.67 bits per heavy atom. The van der Waals surface area contributed by atoms with Gasteiger partial charge in [-0.25, -0.2) is 0 Å². The molecule has 2 aromatic rings. The van der Waals surface area contributed by atoms with Gasteiger partial charge in [-0.2, -0.15) is 0 Å². The molecule has 0 bridgehead atoms. The minimum absolute atomic E-state index is 0.000528. The van der Waals surface area contributed by atoms with Crippen molar-refractivity contribution in [2.24, 2.45) is 0 Å². The van der Waals surface area contributed by atoms with E-state index in [0.29, 0.717) is 0 Å². The Kier molecular flexibility index (Phi) is 4.74. The van der Waals surface area contributed by atoms with Crippen molar-refractivity contribution in [2.75, 3.05) is 11.9 Å². The largest absolute Gasteiger partial charge is 0.394 e. The van der Waals surface area contributed by atoms with Gasteiger partial charge in [0.05, 0.1) is 12.6 Å². The molecule has 0 saturated heterocycles. The van der Waals surface area contributed by atoms with Gasteiger partial charge in [0.2, 0.25) is 0 Å². The molecule has 2 rings (SSSR count). The number of aromatic nitrogens is 1. The maximum absolute atomic E-state index is 9.50. The standard InChI is InChI=1S/C13H12Br2N2O/c14-10-5-9(6-16-7-10)13(8-18)17-12-4-2-1-3-11(12)15/h1-7,13,17-18H,8H2. The fourth-order valence-corrected chi connectivity index (χ4v) is 2.40. The summed E-state index contributed by atoms with van der Waals surface area (Å²) in [6.45, 7) is -0.000528. The van der Waals surface area contributed by atoms with Gasteiger partial charge >= 0.3 is 0 Å². The smallest absolute Gasteiger partial charge is 0.0760 e. The summed E-state index contributed by atoms with van der Waals surface area (Å²) in [6.07, 6.45) is 3.46. The van der Waals surface area contributed by atoms with E-state index in [1.54, 1.807) is 12.4 Å². The number of hydrogen-bond acceptors (Lipinski definition) is 3. The van der Waals surface area contributed by atoms with Crippen molar-refractivity contribution in [1.82, 2.24) is 4.98 Å². The zero-order valence-corrected chi connectivity index (χ0v) is 12.6. The lowest BCUT2D eigenvalue weighted by Gasteiger charge is -2.18. The summed E-state index contributed by atoms with van der Waals surface area (Å²) in [5.41, 5.74) is 1.87. The second kappa shape index (κ2) is 6.31. The van der Waals surface area contributed by atoms with E-state index in [0.717, 1.165) is 20.2 Å². The maximum atomic E-state index is 9.50. The fourth-order valence-electron chi connectivity index (χ4n) is 1.62. The highest BCUT2D eigenvalue weighted by Crippen LogP contribution is 2.26. The topological polar surface area (TPSA) is 45.1 Å². The van der Waals surface area contributed by atoms with E-state index in [-0.39, 0.29) is 12.6 Å². The third-order valence-corrected chi connectivity index (χ3v) is 3.64. The molecule has 0 saturated carbocycles. The maximum Gasteiger partial charge on any atom is 0.0760 e. The molecule has 0 spiro atoms. The minimum atomic E-state index is -0.186. The number of aliphatic hydroxyl groups is 1. The molecule has 3 nitrogen and oxygen atoms in total. The van der Waals surface area contributed by atoms with E-state index in [1.165, 1.54) is 0 Å². The molecule has 0 radical (unpaired) electrons. The average molecular weight is 372 g/mol. The summed E-state index contributed by atoms with van der Waals surface area (Å²) >= 11 is 6.85. The Hall–Kier alpha value is -0.910. The van der Waals surface area contributed by atoms with Crippen molar-refractivity contribution in [2.45, 2.75) is 6.04 Å². The van der Waals surface area contributed by atoms with E-state index < -0.39 is 0 Å². The Balaban J connectivity index is 2.23. The molecule has 2 N–H and O–H groups in total.